The Kier molecular flexibility index (Phi) is 1.44. The summed E-state index contributed by atoms with van der Waals surface area (Å²) in [5, 5.41) is 6.27. The third kappa shape index (κ3) is 1.15. The van der Waals surface area contributed by atoms with Crippen molar-refractivity contribution in [1.29, 1.82) is 0 Å². The fourth-order valence-corrected chi connectivity index (χ4v) is 1.06. The Morgan fingerprint density at radius 1 is 1.09 bits per heavy atom. The van der Waals surface area contributed by atoms with Crippen molar-refractivity contribution in [3.63, 3.8) is 0 Å². The monoisotopic (exact) mass is 144 g/mol. The van der Waals surface area contributed by atoms with Crippen LogP contribution in [0.3, 0.4) is 0 Å². The summed E-state index contributed by atoms with van der Waals surface area (Å²) in [7, 11) is 0. The minimum Gasteiger partial charge on any atom is -0.285 e. The van der Waals surface area contributed by atoms with Crippen molar-refractivity contribution >= 4 is 18.5 Å². The van der Waals surface area contributed by atoms with E-state index in [1.807, 2.05) is 30.5 Å². The number of fused-ring (bicyclic) bond motifs is 1. The predicted molar refractivity (Wildman–Crippen MR) is 46.2 cm³/mol. The first-order valence-corrected chi connectivity index (χ1v) is 3.51. The van der Waals surface area contributed by atoms with Gasteiger partial charge in [-0.15, -0.1) is 0 Å². The van der Waals surface area contributed by atoms with Crippen molar-refractivity contribution in [2.75, 3.05) is 0 Å². The number of rotatable bonds is 0. The zero-order valence-corrected chi connectivity index (χ0v) is 5.99. The molecule has 54 valence electrons. The van der Waals surface area contributed by atoms with Crippen LogP contribution in [0.15, 0.2) is 29.4 Å². The molecule has 11 heavy (non-hydrogen) atoms. The van der Waals surface area contributed by atoms with Crippen LogP contribution in [0.2, 0.25) is 0 Å². The van der Waals surface area contributed by atoms with Crippen LogP contribution >= 0.6 is 0 Å². The van der Waals surface area contributed by atoms with E-state index in [9.17, 15) is 0 Å². The standard InChI is InChI=1S/C9H8N2/c1-2-4-9-7-11-10-6-5-8(9)3-1/h1-7,11H. The molecule has 1 aromatic carbocycles. The van der Waals surface area contributed by atoms with Crippen LogP contribution < -0.4 is 15.9 Å². The summed E-state index contributed by atoms with van der Waals surface area (Å²) in [6.07, 6.45) is 5.61. The Labute approximate surface area is 64.6 Å². The maximum Gasteiger partial charge on any atom is 0.0478 e. The van der Waals surface area contributed by atoms with Gasteiger partial charge in [-0.05, 0) is 16.5 Å². The summed E-state index contributed by atoms with van der Waals surface area (Å²) >= 11 is 0. The van der Waals surface area contributed by atoms with Crippen LogP contribution in [0.4, 0.5) is 0 Å². The van der Waals surface area contributed by atoms with Crippen LogP contribution in [0.25, 0.3) is 12.3 Å². The van der Waals surface area contributed by atoms with Gasteiger partial charge in [0.1, 0.15) is 0 Å². The molecule has 0 atom stereocenters. The first-order valence-electron chi connectivity index (χ1n) is 3.51. The molecule has 2 heteroatoms. The molecule has 2 nitrogen and oxygen atoms in total. The highest BCUT2D eigenvalue weighted by Crippen LogP contribution is 1.73. The molecule has 1 aliphatic rings. The molecule has 0 aliphatic carbocycles. The number of nitrogens with zero attached hydrogens (tertiary/aromatic N) is 1. The number of hydrazone groups is 1. The van der Waals surface area contributed by atoms with E-state index >= 15 is 0 Å². The van der Waals surface area contributed by atoms with Gasteiger partial charge >= 0.3 is 0 Å². The lowest BCUT2D eigenvalue weighted by atomic mass is 10.2. The second-order valence-electron chi connectivity index (χ2n) is 2.35. The van der Waals surface area contributed by atoms with Crippen molar-refractivity contribution in [1.82, 2.24) is 5.43 Å². The molecule has 0 unspecified atom stereocenters. The molecule has 0 saturated heterocycles. The van der Waals surface area contributed by atoms with E-state index in [2.05, 4.69) is 16.6 Å². The molecule has 0 radical (unpaired) electrons. The van der Waals surface area contributed by atoms with Gasteiger partial charge < -0.3 is 0 Å². The van der Waals surface area contributed by atoms with E-state index in [0.29, 0.717) is 0 Å². The van der Waals surface area contributed by atoms with Gasteiger partial charge in [-0.1, -0.05) is 24.3 Å². The zero-order valence-electron chi connectivity index (χ0n) is 5.99. The van der Waals surface area contributed by atoms with Crippen LogP contribution in [-0.4, -0.2) is 6.21 Å². The maximum absolute atomic E-state index is 3.90. The largest absolute Gasteiger partial charge is 0.285 e. The summed E-state index contributed by atoms with van der Waals surface area (Å²) < 4.78 is 0. The molecule has 0 spiro atoms. The van der Waals surface area contributed by atoms with Gasteiger partial charge in [0.25, 0.3) is 0 Å². The number of hydrogen-bond acceptors (Lipinski definition) is 2. The number of hydrogen-bond donors (Lipinski definition) is 1. The molecule has 1 heterocycles. The van der Waals surface area contributed by atoms with Crippen LogP contribution in [0, 0.1) is 0 Å². The van der Waals surface area contributed by atoms with Gasteiger partial charge in [0.05, 0.1) is 0 Å². The maximum atomic E-state index is 3.90. The van der Waals surface area contributed by atoms with E-state index < -0.39 is 0 Å². The zero-order chi connectivity index (χ0) is 7.52. The highest BCUT2D eigenvalue weighted by molar-refractivity contribution is 5.91. The lowest BCUT2D eigenvalue weighted by molar-refractivity contribution is 1.04. The molecule has 0 saturated carbocycles. The summed E-state index contributed by atoms with van der Waals surface area (Å²) in [4.78, 5) is 0. The summed E-state index contributed by atoms with van der Waals surface area (Å²) in [5.74, 6) is 0. The van der Waals surface area contributed by atoms with Gasteiger partial charge in [0.2, 0.25) is 0 Å². The Hall–Kier alpha value is -1.57. The lowest BCUT2D eigenvalue weighted by Gasteiger charge is -1.86. The summed E-state index contributed by atoms with van der Waals surface area (Å²) in [6, 6.07) is 8.14. The molecule has 0 aromatic heterocycles. The molecule has 1 aromatic rings. The van der Waals surface area contributed by atoms with E-state index in [1.165, 1.54) is 10.4 Å². The fraction of sp³-hybridized carbons (Fsp3) is 0. The Balaban J connectivity index is 2.81. The van der Waals surface area contributed by atoms with Crippen LogP contribution in [-0.2, 0) is 0 Å². The molecule has 0 amide bonds. The van der Waals surface area contributed by atoms with E-state index in [4.69, 9.17) is 0 Å². The van der Waals surface area contributed by atoms with Gasteiger partial charge in [0, 0.05) is 12.4 Å². The second kappa shape index (κ2) is 2.58. The minimum absolute atomic E-state index is 1.17. The van der Waals surface area contributed by atoms with E-state index in [0.717, 1.165) is 0 Å². The average Bonchev–Trinajstić information content (AvgIpc) is 2.28. The quantitative estimate of drug-likeness (QED) is 0.535. The predicted octanol–water partition coefficient (Wildman–Crippen LogP) is -0.206. The first-order chi connectivity index (χ1) is 5.47. The third-order valence-electron chi connectivity index (χ3n) is 1.62. The van der Waals surface area contributed by atoms with Gasteiger partial charge in [-0.25, -0.2) is 0 Å². The lowest BCUT2D eigenvalue weighted by Crippen LogP contribution is -2.24. The smallest absolute Gasteiger partial charge is 0.0478 e. The summed E-state index contributed by atoms with van der Waals surface area (Å²) in [6.45, 7) is 0. The second-order valence-corrected chi connectivity index (χ2v) is 2.35. The van der Waals surface area contributed by atoms with Crippen LogP contribution in [0.5, 0.6) is 0 Å². The molecular formula is C9H8N2. The Morgan fingerprint density at radius 3 is 2.82 bits per heavy atom. The van der Waals surface area contributed by atoms with Gasteiger partial charge in [0.15, 0.2) is 0 Å². The first kappa shape index (κ1) is 6.16. The SMILES string of the molecule is C1=NNC=c2ccccc2=C1. The molecule has 1 N–H and O–H groups in total. The minimum atomic E-state index is 1.17. The average molecular weight is 144 g/mol. The van der Waals surface area contributed by atoms with Crippen molar-refractivity contribution in [2.45, 2.75) is 0 Å². The fourth-order valence-electron chi connectivity index (χ4n) is 1.06. The topological polar surface area (TPSA) is 24.4 Å². The Morgan fingerprint density at radius 2 is 1.91 bits per heavy atom. The molecule has 2 rings (SSSR count). The number of nitrogens with one attached hydrogen (secondary N) is 1. The third-order valence-corrected chi connectivity index (χ3v) is 1.62. The molecule has 1 aliphatic heterocycles. The molecular weight excluding hydrogens is 136 g/mol. The van der Waals surface area contributed by atoms with E-state index in [1.54, 1.807) is 6.21 Å². The highest BCUT2D eigenvalue weighted by Gasteiger charge is 1.84. The number of benzene rings is 1. The van der Waals surface area contributed by atoms with Gasteiger partial charge in [-0.2, -0.15) is 5.10 Å². The van der Waals surface area contributed by atoms with Crippen molar-refractivity contribution in [3.05, 3.63) is 34.7 Å². The van der Waals surface area contributed by atoms with Crippen LogP contribution in [0.1, 0.15) is 0 Å². The highest BCUT2D eigenvalue weighted by atomic mass is 15.3. The molecule has 0 bridgehead atoms. The molecule has 0 fully saturated rings. The van der Waals surface area contributed by atoms with E-state index in [-0.39, 0.29) is 0 Å². The van der Waals surface area contributed by atoms with Crippen molar-refractivity contribution in [2.24, 2.45) is 5.10 Å². The Bertz CT molecular complexity index is 390. The summed E-state index contributed by atoms with van der Waals surface area (Å²) in [5.41, 5.74) is 2.82. The van der Waals surface area contributed by atoms with Gasteiger partial charge in [-0.3, -0.25) is 5.43 Å². The normalized spacial score (nSPS) is 13.5. The van der Waals surface area contributed by atoms with Crippen molar-refractivity contribution in [3.8, 4) is 0 Å². The van der Waals surface area contributed by atoms with Crippen molar-refractivity contribution < 1.29 is 0 Å².